The molecule has 3 aromatic heterocycles. The lowest BCUT2D eigenvalue weighted by atomic mass is 9.89. The van der Waals surface area contributed by atoms with Gasteiger partial charge in [0, 0.05) is 35.9 Å². The predicted molar refractivity (Wildman–Crippen MR) is 223 cm³/mol. The summed E-state index contributed by atoms with van der Waals surface area (Å²) in [4.78, 5) is 19.1. The average molecular weight is 689 g/mol. The third-order valence-electron chi connectivity index (χ3n) is 10.3. The maximum Gasteiger partial charge on any atom is 0.0979 e. The lowest BCUT2D eigenvalue weighted by Crippen LogP contribution is -1.98. The van der Waals surface area contributed by atoms with Crippen LogP contribution in [0.1, 0.15) is 0 Å². The van der Waals surface area contributed by atoms with Gasteiger partial charge in [0.05, 0.1) is 22.4 Å². The molecule has 4 nitrogen and oxygen atoms in total. The molecule has 0 spiro atoms. The minimum atomic E-state index is 0.865. The highest BCUT2D eigenvalue weighted by Crippen LogP contribution is 2.42. The Bertz CT molecular complexity index is 2750. The Morgan fingerprint density at radius 3 is 0.926 bits per heavy atom. The molecule has 4 heteroatoms. The van der Waals surface area contributed by atoms with Crippen LogP contribution < -0.4 is 0 Å². The van der Waals surface area contributed by atoms with Crippen molar-refractivity contribution < 1.29 is 0 Å². The maximum absolute atomic E-state index is 5.37. The van der Waals surface area contributed by atoms with Crippen molar-refractivity contribution in [1.82, 2.24) is 19.9 Å². The molecule has 0 atom stereocenters. The minimum Gasteiger partial charge on any atom is -0.265 e. The van der Waals surface area contributed by atoms with E-state index in [0.717, 1.165) is 66.6 Å². The standard InChI is InChI=1S/C50H32N4/c1-3-9-43-41(7-1)39(37-17-13-33(14-18-37)35-25-29-51-30-26-35)21-23-45(43)49-50(54-48-12-6-5-11-47(48)53-49)46-24-22-40(42-8-2-4-10-44(42)46)38-19-15-34(16-20-38)36-27-31-52-32-28-36/h1-32H. The van der Waals surface area contributed by atoms with Crippen LogP contribution in [0.3, 0.4) is 0 Å². The van der Waals surface area contributed by atoms with E-state index in [1.165, 1.54) is 33.0 Å². The zero-order valence-electron chi connectivity index (χ0n) is 29.3. The molecule has 7 aromatic carbocycles. The Labute approximate surface area is 313 Å². The monoisotopic (exact) mass is 688 g/mol. The van der Waals surface area contributed by atoms with Crippen molar-refractivity contribution in [1.29, 1.82) is 0 Å². The number of fused-ring (bicyclic) bond motifs is 3. The van der Waals surface area contributed by atoms with Crippen LogP contribution in [0.2, 0.25) is 0 Å². The van der Waals surface area contributed by atoms with E-state index in [1.807, 2.05) is 73.3 Å². The Morgan fingerprint density at radius 2 is 0.537 bits per heavy atom. The molecule has 0 N–H and O–H groups in total. The Hall–Kier alpha value is -7.30. The van der Waals surface area contributed by atoms with Gasteiger partial charge in [0.25, 0.3) is 0 Å². The molecule has 0 amide bonds. The third-order valence-corrected chi connectivity index (χ3v) is 10.3. The molecule has 0 fully saturated rings. The molecule has 0 bridgehead atoms. The van der Waals surface area contributed by atoms with Crippen LogP contribution in [0.25, 0.3) is 99.6 Å². The summed E-state index contributed by atoms with van der Waals surface area (Å²) < 4.78 is 0. The van der Waals surface area contributed by atoms with Crippen molar-refractivity contribution in [2.45, 2.75) is 0 Å². The topological polar surface area (TPSA) is 51.6 Å². The van der Waals surface area contributed by atoms with Crippen molar-refractivity contribution in [3.8, 4) is 67.0 Å². The second-order valence-corrected chi connectivity index (χ2v) is 13.4. The van der Waals surface area contributed by atoms with Crippen molar-refractivity contribution >= 4 is 32.6 Å². The fraction of sp³-hybridized carbons (Fsp3) is 0. The summed E-state index contributed by atoms with van der Waals surface area (Å²) in [5.74, 6) is 0. The highest BCUT2D eigenvalue weighted by Gasteiger charge is 2.20. The van der Waals surface area contributed by atoms with Crippen LogP contribution in [0.5, 0.6) is 0 Å². The molecule has 3 heterocycles. The summed E-state index contributed by atoms with van der Waals surface area (Å²) in [7, 11) is 0. The number of hydrogen-bond donors (Lipinski definition) is 0. The third kappa shape index (κ3) is 5.58. The summed E-state index contributed by atoms with van der Waals surface area (Å²) in [6.07, 6.45) is 7.33. The second kappa shape index (κ2) is 13.4. The molecule has 10 aromatic rings. The molecule has 0 saturated heterocycles. The first-order valence-corrected chi connectivity index (χ1v) is 18.1. The van der Waals surface area contributed by atoms with Gasteiger partial charge in [0.15, 0.2) is 0 Å². The summed E-state index contributed by atoms with van der Waals surface area (Å²) in [6.45, 7) is 0. The number of aromatic nitrogens is 4. The molecule has 0 saturated carbocycles. The highest BCUT2D eigenvalue weighted by molar-refractivity contribution is 6.10. The van der Waals surface area contributed by atoms with Crippen LogP contribution >= 0.6 is 0 Å². The minimum absolute atomic E-state index is 0.865. The number of rotatable bonds is 6. The summed E-state index contributed by atoms with van der Waals surface area (Å²) >= 11 is 0. The van der Waals surface area contributed by atoms with Gasteiger partial charge in [-0.15, -0.1) is 0 Å². The van der Waals surface area contributed by atoms with E-state index < -0.39 is 0 Å². The number of hydrogen-bond acceptors (Lipinski definition) is 4. The molecule has 0 aliphatic heterocycles. The van der Waals surface area contributed by atoms with Crippen LogP contribution in [-0.4, -0.2) is 19.9 Å². The van der Waals surface area contributed by atoms with Crippen LogP contribution in [-0.2, 0) is 0 Å². The van der Waals surface area contributed by atoms with Crippen LogP contribution in [0.4, 0.5) is 0 Å². The molecule has 10 rings (SSSR count). The Balaban J connectivity index is 1.13. The first kappa shape index (κ1) is 31.4. The molecule has 252 valence electrons. The predicted octanol–water partition coefficient (Wildman–Crippen LogP) is 12.7. The molecule has 0 aliphatic carbocycles. The second-order valence-electron chi connectivity index (χ2n) is 13.4. The van der Waals surface area contributed by atoms with Crippen molar-refractivity contribution in [2.24, 2.45) is 0 Å². The van der Waals surface area contributed by atoms with Crippen molar-refractivity contribution in [2.75, 3.05) is 0 Å². The maximum atomic E-state index is 5.37. The normalized spacial score (nSPS) is 11.3. The van der Waals surface area contributed by atoms with Crippen molar-refractivity contribution in [3.05, 3.63) is 195 Å². The van der Waals surface area contributed by atoms with Crippen LogP contribution in [0, 0.1) is 0 Å². The first-order chi connectivity index (χ1) is 26.8. The fourth-order valence-electron chi connectivity index (χ4n) is 7.66. The Kier molecular flexibility index (Phi) is 7.77. The summed E-state index contributed by atoms with van der Waals surface area (Å²) in [5, 5.41) is 4.61. The lowest BCUT2D eigenvalue weighted by Gasteiger charge is -2.17. The van der Waals surface area contributed by atoms with Gasteiger partial charge in [-0.1, -0.05) is 133 Å². The van der Waals surface area contributed by atoms with Gasteiger partial charge >= 0.3 is 0 Å². The first-order valence-electron chi connectivity index (χ1n) is 18.1. The quantitative estimate of drug-likeness (QED) is 0.174. The van der Waals surface area contributed by atoms with Gasteiger partial charge in [0.1, 0.15) is 0 Å². The van der Waals surface area contributed by atoms with E-state index in [9.17, 15) is 0 Å². The van der Waals surface area contributed by atoms with E-state index >= 15 is 0 Å². The molecule has 54 heavy (non-hydrogen) atoms. The van der Waals surface area contributed by atoms with Crippen molar-refractivity contribution in [3.63, 3.8) is 0 Å². The van der Waals surface area contributed by atoms with E-state index in [0.29, 0.717) is 0 Å². The zero-order valence-corrected chi connectivity index (χ0v) is 29.3. The van der Waals surface area contributed by atoms with Gasteiger partial charge in [-0.2, -0.15) is 0 Å². The average Bonchev–Trinajstić information content (AvgIpc) is 3.26. The molecule has 0 radical (unpaired) electrons. The summed E-state index contributed by atoms with van der Waals surface area (Å²) in [5.41, 5.74) is 14.9. The molecule has 0 aliphatic rings. The van der Waals surface area contributed by atoms with E-state index in [1.54, 1.807) is 0 Å². The SMILES string of the molecule is c1ccc2nc(-c3ccc(-c4ccc(-c5ccncc5)cc4)c4ccccc34)c(-c3ccc(-c4ccc(-c5ccncc5)cc4)c4ccccc34)nc2c1. The van der Waals surface area contributed by atoms with Crippen LogP contribution in [0.15, 0.2) is 195 Å². The Morgan fingerprint density at radius 1 is 0.241 bits per heavy atom. The van der Waals surface area contributed by atoms with Gasteiger partial charge in [0.2, 0.25) is 0 Å². The van der Waals surface area contributed by atoms with Gasteiger partial charge in [-0.05, 0) is 102 Å². The van der Waals surface area contributed by atoms with Gasteiger partial charge in [-0.3, -0.25) is 9.97 Å². The number of benzene rings is 7. The molecular formula is C50H32N4. The highest BCUT2D eigenvalue weighted by atomic mass is 14.8. The van der Waals surface area contributed by atoms with E-state index in [2.05, 4.69) is 131 Å². The lowest BCUT2D eigenvalue weighted by molar-refractivity contribution is 1.30. The zero-order chi connectivity index (χ0) is 35.8. The smallest absolute Gasteiger partial charge is 0.0979 e. The number of nitrogens with zero attached hydrogens (tertiary/aromatic N) is 4. The largest absolute Gasteiger partial charge is 0.265 e. The van der Waals surface area contributed by atoms with Gasteiger partial charge in [-0.25, -0.2) is 9.97 Å². The fourth-order valence-corrected chi connectivity index (χ4v) is 7.66. The number of para-hydroxylation sites is 2. The summed E-state index contributed by atoms with van der Waals surface area (Å²) in [6, 6.07) is 60.1. The molecular weight excluding hydrogens is 657 g/mol. The molecule has 0 unspecified atom stereocenters. The van der Waals surface area contributed by atoms with E-state index in [4.69, 9.17) is 9.97 Å². The number of pyridine rings is 2. The van der Waals surface area contributed by atoms with E-state index in [-0.39, 0.29) is 0 Å². The van der Waals surface area contributed by atoms with Gasteiger partial charge < -0.3 is 0 Å².